The van der Waals surface area contributed by atoms with Crippen molar-refractivity contribution in [2.45, 2.75) is 63.2 Å². The molecular formula is C14H24N2O5S. The standard InChI is InChI=1S/C9H14N2O3S.C5H10O2/c1-3-9(2)5(8(13)14)11-6(12)4(10)7(11)15-9;1-5(2,3)4(6)7/h4-5,7H,3,10H2,1-2H3,(H,13,14);1-3H3,(H,6,7)/t4-,5+,7-,9?;/m1./s1. The van der Waals surface area contributed by atoms with Gasteiger partial charge in [-0.15, -0.1) is 11.8 Å². The molecule has 4 N–H and O–H groups in total. The lowest BCUT2D eigenvalue weighted by atomic mass is 9.93. The minimum absolute atomic E-state index is 0.149. The van der Waals surface area contributed by atoms with E-state index in [0.29, 0.717) is 6.42 Å². The molecule has 0 radical (unpaired) electrons. The fourth-order valence-corrected chi connectivity index (χ4v) is 3.87. The van der Waals surface area contributed by atoms with E-state index in [1.807, 2.05) is 13.8 Å². The Kier molecular flexibility index (Phi) is 5.18. The van der Waals surface area contributed by atoms with Gasteiger partial charge in [-0.05, 0) is 34.1 Å². The van der Waals surface area contributed by atoms with E-state index in [4.69, 9.17) is 15.9 Å². The fraction of sp³-hybridized carbons (Fsp3) is 0.786. The minimum Gasteiger partial charge on any atom is -0.481 e. The van der Waals surface area contributed by atoms with Crippen molar-refractivity contribution < 1.29 is 24.6 Å². The van der Waals surface area contributed by atoms with E-state index in [1.54, 1.807) is 20.8 Å². The van der Waals surface area contributed by atoms with Gasteiger partial charge in [-0.3, -0.25) is 9.59 Å². The van der Waals surface area contributed by atoms with Gasteiger partial charge in [-0.25, -0.2) is 4.79 Å². The zero-order chi connectivity index (χ0) is 17.5. The van der Waals surface area contributed by atoms with Crippen LogP contribution in [0.25, 0.3) is 0 Å². The number of carbonyl (C=O) groups is 3. The second kappa shape index (κ2) is 6.08. The number of hydrogen-bond acceptors (Lipinski definition) is 5. The van der Waals surface area contributed by atoms with Gasteiger partial charge in [-0.1, -0.05) is 6.92 Å². The first-order chi connectivity index (χ1) is 9.86. The van der Waals surface area contributed by atoms with Crippen LogP contribution in [0.3, 0.4) is 0 Å². The predicted octanol–water partition coefficient (Wildman–Crippen LogP) is 0.968. The molecule has 0 bridgehead atoms. The quantitative estimate of drug-likeness (QED) is 0.644. The van der Waals surface area contributed by atoms with Crippen LogP contribution >= 0.6 is 11.8 Å². The number of nitrogens with two attached hydrogens (primary N) is 1. The zero-order valence-corrected chi connectivity index (χ0v) is 14.3. The number of nitrogens with zero attached hydrogens (tertiary/aromatic N) is 1. The summed E-state index contributed by atoms with van der Waals surface area (Å²) in [6.45, 7) is 8.81. The molecule has 2 aliphatic heterocycles. The Morgan fingerprint density at radius 3 is 2.14 bits per heavy atom. The van der Waals surface area contributed by atoms with E-state index in [0.717, 1.165) is 0 Å². The summed E-state index contributed by atoms with van der Waals surface area (Å²) >= 11 is 1.51. The third-order valence-corrected chi connectivity index (χ3v) is 5.76. The van der Waals surface area contributed by atoms with Crippen molar-refractivity contribution in [2.24, 2.45) is 11.1 Å². The monoisotopic (exact) mass is 332 g/mol. The van der Waals surface area contributed by atoms with E-state index in [-0.39, 0.29) is 11.3 Å². The van der Waals surface area contributed by atoms with Crippen molar-refractivity contribution in [3.8, 4) is 0 Å². The largest absolute Gasteiger partial charge is 0.481 e. The highest BCUT2D eigenvalue weighted by atomic mass is 32.2. The van der Waals surface area contributed by atoms with Crippen molar-refractivity contribution in [3.05, 3.63) is 0 Å². The Morgan fingerprint density at radius 2 is 1.82 bits per heavy atom. The number of carboxylic acids is 2. The summed E-state index contributed by atoms with van der Waals surface area (Å²) in [6, 6.07) is -1.25. The molecule has 0 aromatic carbocycles. The van der Waals surface area contributed by atoms with E-state index < -0.39 is 34.2 Å². The maximum atomic E-state index is 11.5. The first-order valence-corrected chi connectivity index (χ1v) is 7.96. The molecule has 2 saturated heterocycles. The molecule has 7 nitrogen and oxygen atoms in total. The topological polar surface area (TPSA) is 121 Å². The van der Waals surface area contributed by atoms with Crippen LogP contribution in [0.4, 0.5) is 0 Å². The molecule has 0 saturated carbocycles. The number of β-lactam (4-membered cyclic amide) rings is 1. The molecule has 2 fully saturated rings. The Labute approximate surface area is 134 Å². The molecule has 1 amide bonds. The van der Waals surface area contributed by atoms with Crippen LogP contribution in [0, 0.1) is 5.41 Å². The fourth-order valence-electron chi connectivity index (χ4n) is 2.21. The molecule has 4 atom stereocenters. The SMILES string of the molecule is CC(C)(C)C(=O)O.CCC1(C)S[C@@H]2[C@H](N)C(=O)N2[C@H]1C(=O)O. The van der Waals surface area contributed by atoms with Crippen LogP contribution in [-0.4, -0.2) is 55.2 Å². The number of amides is 1. The number of hydrogen-bond donors (Lipinski definition) is 3. The molecule has 2 rings (SSSR count). The van der Waals surface area contributed by atoms with Gasteiger partial charge in [0.1, 0.15) is 17.5 Å². The Hall–Kier alpha value is -1.28. The summed E-state index contributed by atoms with van der Waals surface area (Å²) in [5.41, 5.74) is 5.06. The van der Waals surface area contributed by atoms with Gasteiger partial charge in [-0.2, -0.15) is 0 Å². The maximum absolute atomic E-state index is 11.5. The van der Waals surface area contributed by atoms with E-state index in [2.05, 4.69) is 0 Å². The van der Waals surface area contributed by atoms with Gasteiger partial charge in [0.05, 0.1) is 5.41 Å². The van der Waals surface area contributed by atoms with Crippen LogP contribution < -0.4 is 5.73 Å². The summed E-state index contributed by atoms with van der Waals surface area (Å²) in [6.07, 6.45) is 0.710. The highest BCUT2D eigenvalue weighted by molar-refractivity contribution is 8.01. The van der Waals surface area contributed by atoms with Gasteiger partial charge in [0.15, 0.2) is 0 Å². The van der Waals surface area contributed by atoms with Gasteiger partial charge in [0, 0.05) is 4.75 Å². The van der Waals surface area contributed by atoms with E-state index in [1.165, 1.54) is 16.7 Å². The van der Waals surface area contributed by atoms with Crippen LogP contribution in [-0.2, 0) is 14.4 Å². The molecule has 2 aliphatic rings. The van der Waals surface area contributed by atoms with Gasteiger partial charge in [0.25, 0.3) is 0 Å². The van der Waals surface area contributed by atoms with Crippen LogP contribution in [0.2, 0.25) is 0 Å². The summed E-state index contributed by atoms with van der Waals surface area (Å²) in [7, 11) is 0. The smallest absolute Gasteiger partial charge is 0.327 e. The first kappa shape index (κ1) is 18.8. The molecule has 1 unspecified atom stereocenters. The summed E-state index contributed by atoms with van der Waals surface area (Å²) in [4.78, 5) is 34.1. The van der Waals surface area contributed by atoms with Crippen molar-refractivity contribution in [3.63, 3.8) is 0 Å². The summed E-state index contributed by atoms with van der Waals surface area (Å²) in [5.74, 6) is -1.93. The highest BCUT2D eigenvalue weighted by Gasteiger charge is 2.63. The normalized spacial score (nSPS) is 33.5. The van der Waals surface area contributed by atoms with Gasteiger partial charge in [0.2, 0.25) is 5.91 Å². The molecule has 22 heavy (non-hydrogen) atoms. The van der Waals surface area contributed by atoms with E-state index in [9.17, 15) is 14.4 Å². The molecule has 0 aromatic heterocycles. The Balaban J connectivity index is 0.000000295. The number of carboxylic acid groups (broad SMARTS) is 2. The lowest BCUT2D eigenvalue weighted by Gasteiger charge is -2.41. The second-order valence-corrected chi connectivity index (χ2v) is 8.39. The lowest BCUT2D eigenvalue weighted by Crippen LogP contribution is -2.68. The average Bonchev–Trinajstić information content (AvgIpc) is 2.69. The van der Waals surface area contributed by atoms with Crippen LogP contribution in [0.15, 0.2) is 0 Å². The average molecular weight is 332 g/mol. The third-order valence-electron chi connectivity index (χ3n) is 3.95. The van der Waals surface area contributed by atoms with Crippen molar-refractivity contribution in [1.82, 2.24) is 4.90 Å². The number of thioether (sulfide) groups is 1. The summed E-state index contributed by atoms with van der Waals surface area (Å²) < 4.78 is -0.416. The van der Waals surface area contributed by atoms with Crippen molar-refractivity contribution in [2.75, 3.05) is 0 Å². The minimum atomic E-state index is -0.936. The van der Waals surface area contributed by atoms with Gasteiger partial charge >= 0.3 is 11.9 Å². The summed E-state index contributed by atoms with van der Waals surface area (Å²) in [5, 5.41) is 17.3. The van der Waals surface area contributed by atoms with E-state index >= 15 is 0 Å². The van der Waals surface area contributed by atoms with Crippen molar-refractivity contribution >= 4 is 29.6 Å². The van der Waals surface area contributed by atoms with Crippen LogP contribution in [0.5, 0.6) is 0 Å². The molecular weight excluding hydrogens is 308 g/mol. The second-order valence-electron chi connectivity index (χ2n) is 6.74. The number of aliphatic carboxylic acids is 2. The molecule has 0 spiro atoms. The molecule has 126 valence electrons. The lowest BCUT2D eigenvalue weighted by molar-refractivity contribution is -0.159. The van der Waals surface area contributed by atoms with Crippen molar-refractivity contribution in [1.29, 1.82) is 0 Å². The Bertz CT molecular complexity index is 490. The number of carbonyl (C=O) groups excluding carboxylic acids is 1. The first-order valence-electron chi connectivity index (χ1n) is 7.08. The highest BCUT2D eigenvalue weighted by Crippen LogP contribution is 2.51. The number of rotatable bonds is 2. The third kappa shape index (κ3) is 3.22. The zero-order valence-electron chi connectivity index (χ0n) is 13.5. The number of fused-ring (bicyclic) bond motifs is 1. The predicted molar refractivity (Wildman–Crippen MR) is 83.4 cm³/mol. The molecule has 0 aromatic rings. The molecule has 0 aliphatic carbocycles. The maximum Gasteiger partial charge on any atom is 0.327 e. The van der Waals surface area contributed by atoms with Crippen LogP contribution in [0.1, 0.15) is 41.0 Å². The molecule has 2 heterocycles. The van der Waals surface area contributed by atoms with Gasteiger partial charge < -0.3 is 20.8 Å². The molecule has 8 heteroatoms. The Morgan fingerprint density at radius 1 is 1.36 bits per heavy atom.